The molecule has 0 heterocycles. The monoisotopic (exact) mass is 201 g/mol. The van der Waals surface area contributed by atoms with E-state index >= 15 is 0 Å². The summed E-state index contributed by atoms with van der Waals surface area (Å²) >= 11 is 0. The van der Waals surface area contributed by atoms with E-state index in [0.717, 1.165) is 13.1 Å². The Kier molecular flexibility index (Phi) is 5.77. The molecule has 0 N–H and O–H groups in total. The predicted molar refractivity (Wildman–Crippen MR) is 58.2 cm³/mol. The molecule has 0 aliphatic carbocycles. The van der Waals surface area contributed by atoms with Gasteiger partial charge in [-0.15, -0.1) is 0 Å². The van der Waals surface area contributed by atoms with Crippen molar-refractivity contribution in [3.8, 4) is 0 Å². The van der Waals surface area contributed by atoms with Gasteiger partial charge in [-0.1, -0.05) is 20.8 Å². The van der Waals surface area contributed by atoms with Crippen LogP contribution in [-0.2, 0) is 9.53 Å². The average Bonchev–Trinajstić information content (AvgIpc) is 1.98. The third-order valence-corrected chi connectivity index (χ3v) is 1.75. The molecule has 3 heteroatoms. The molecule has 0 saturated heterocycles. The fraction of sp³-hybridized carbons (Fsp3) is 0.909. The first kappa shape index (κ1) is 13.4. The van der Waals surface area contributed by atoms with E-state index in [2.05, 4.69) is 25.7 Å². The maximum absolute atomic E-state index is 11.1. The van der Waals surface area contributed by atoms with Gasteiger partial charge in [-0.2, -0.15) is 0 Å². The van der Waals surface area contributed by atoms with Crippen LogP contribution in [0.2, 0.25) is 0 Å². The molecular weight excluding hydrogens is 178 g/mol. The molecule has 0 radical (unpaired) electrons. The van der Waals surface area contributed by atoms with E-state index in [1.54, 1.807) is 0 Å². The number of carbonyl (C=O) groups is 1. The lowest BCUT2D eigenvalue weighted by Crippen LogP contribution is -2.31. The SMILES string of the molecule is CCOC(=O)CCN(C)CC(C)(C)C. The van der Waals surface area contributed by atoms with Crippen LogP contribution in [0.5, 0.6) is 0 Å². The summed E-state index contributed by atoms with van der Waals surface area (Å²) in [6, 6.07) is 0. The summed E-state index contributed by atoms with van der Waals surface area (Å²) in [6.07, 6.45) is 0.487. The quantitative estimate of drug-likeness (QED) is 0.636. The van der Waals surface area contributed by atoms with E-state index in [0.29, 0.717) is 13.0 Å². The zero-order valence-corrected chi connectivity index (χ0v) is 10.1. The second-order valence-corrected chi connectivity index (χ2v) is 4.85. The average molecular weight is 201 g/mol. The van der Waals surface area contributed by atoms with Crippen molar-refractivity contribution in [1.82, 2.24) is 4.90 Å². The first-order valence-electron chi connectivity index (χ1n) is 5.19. The number of esters is 1. The molecule has 0 aliphatic rings. The van der Waals surface area contributed by atoms with Crippen molar-refractivity contribution in [3.63, 3.8) is 0 Å². The first-order valence-corrected chi connectivity index (χ1v) is 5.19. The fourth-order valence-electron chi connectivity index (χ4n) is 1.40. The normalized spacial score (nSPS) is 11.9. The largest absolute Gasteiger partial charge is 0.466 e. The maximum atomic E-state index is 11.1. The van der Waals surface area contributed by atoms with Gasteiger partial charge in [0.2, 0.25) is 0 Å². The van der Waals surface area contributed by atoms with Crippen molar-refractivity contribution in [2.45, 2.75) is 34.1 Å². The molecule has 0 aromatic rings. The first-order chi connectivity index (χ1) is 6.35. The molecule has 0 atom stereocenters. The van der Waals surface area contributed by atoms with Crippen LogP contribution < -0.4 is 0 Å². The summed E-state index contributed by atoms with van der Waals surface area (Å²) < 4.78 is 4.86. The van der Waals surface area contributed by atoms with Crippen molar-refractivity contribution < 1.29 is 9.53 Å². The summed E-state index contributed by atoms with van der Waals surface area (Å²) in [5, 5.41) is 0. The zero-order valence-electron chi connectivity index (χ0n) is 10.1. The van der Waals surface area contributed by atoms with E-state index < -0.39 is 0 Å². The molecule has 0 rings (SSSR count). The van der Waals surface area contributed by atoms with Crippen LogP contribution in [0.4, 0.5) is 0 Å². The lowest BCUT2D eigenvalue weighted by molar-refractivity contribution is -0.143. The van der Waals surface area contributed by atoms with E-state index in [-0.39, 0.29) is 11.4 Å². The van der Waals surface area contributed by atoms with Crippen LogP contribution >= 0.6 is 0 Å². The van der Waals surface area contributed by atoms with Crippen LogP contribution in [0.1, 0.15) is 34.1 Å². The Morgan fingerprint density at radius 2 is 1.93 bits per heavy atom. The minimum Gasteiger partial charge on any atom is -0.466 e. The van der Waals surface area contributed by atoms with Gasteiger partial charge in [-0.25, -0.2) is 0 Å². The molecular formula is C11H23NO2. The lowest BCUT2D eigenvalue weighted by Gasteiger charge is -2.26. The Balaban J connectivity index is 3.63. The highest BCUT2D eigenvalue weighted by molar-refractivity contribution is 5.69. The van der Waals surface area contributed by atoms with Gasteiger partial charge in [0.25, 0.3) is 0 Å². The summed E-state index contributed by atoms with van der Waals surface area (Å²) in [6.45, 7) is 10.6. The molecule has 0 spiro atoms. The molecule has 0 aromatic heterocycles. The topological polar surface area (TPSA) is 29.5 Å². The van der Waals surface area contributed by atoms with Crippen molar-refractivity contribution in [1.29, 1.82) is 0 Å². The van der Waals surface area contributed by atoms with Gasteiger partial charge in [0.15, 0.2) is 0 Å². The molecule has 0 amide bonds. The van der Waals surface area contributed by atoms with Crippen LogP contribution in [0.15, 0.2) is 0 Å². The Hall–Kier alpha value is -0.570. The number of hydrogen-bond donors (Lipinski definition) is 0. The molecule has 3 nitrogen and oxygen atoms in total. The Morgan fingerprint density at radius 1 is 1.36 bits per heavy atom. The summed E-state index contributed by atoms with van der Waals surface area (Å²) in [5.41, 5.74) is 0.281. The molecule has 0 saturated carbocycles. The van der Waals surface area contributed by atoms with E-state index in [4.69, 9.17) is 4.74 Å². The van der Waals surface area contributed by atoms with Crippen LogP contribution in [0.25, 0.3) is 0 Å². The van der Waals surface area contributed by atoms with Gasteiger partial charge in [0.1, 0.15) is 0 Å². The summed E-state index contributed by atoms with van der Waals surface area (Å²) in [5.74, 6) is -0.103. The molecule has 0 unspecified atom stereocenters. The number of rotatable bonds is 5. The Morgan fingerprint density at radius 3 is 2.36 bits per heavy atom. The van der Waals surface area contributed by atoms with Crippen LogP contribution in [0, 0.1) is 5.41 Å². The molecule has 0 aromatic carbocycles. The lowest BCUT2D eigenvalue weighted by atomic mass is 9.96. The van der Waals surface area contributed by atoms with Gasteiger partial charge in [-0.05, 0) is 19.4 Å². The number of nitrogens with zero attached hydrogens (tertiary/aromatic N) is 1. The Bertz CT molecular complexity index is 173. The van der Waals surface area contributed by atoms with E-state index in [9.17, 15) is 4.79 Å². The highest BCUT2D eigenvalue weighted by Gasteiger charge is 2.14. The van der Waals surface area contributed by atoms with Crippen molar-refractivity contribution in [2.24, 2.45) is 5.41 Å². The second kappa shape index (κ2) is 6.02. The third kappa shape index (κ3) is 8.05. The van der Waals surface area contributed by atoms with Crippen molar-refractivity contribution in [2.75, 3.05) is 26.7 Å². The minimum absolute atomic E-state index is 0.103. The zero-order chi connectivity index (χ0) is 11.2. The van der Waals surface area contributed by atoms with Crippen molar-refractivity contribution in [3.05, 3.63) is 0 Å². The molecule has 0 aliphatic heterocycles. The number of hydrogen-bond acceptors (Lipinski definition) is 3. The summed E-state index contributed by atoms with van der Waals surface area (Å²) in [4.78, 5) is 13.2. The number of carbonyl (C=O) groups excluding carboxylic acids is 1. The van der Waals surface area contributed by atoms with Gasteiger partial charge >= 0.3 is 5.97 Å². The minimum atomic E-state index is -0.103. The molecule has 84 valence electrons. The van der Waals surface area contributed by atoms with E-state index in [1.165, 1.54) is 0 Å². The van der Waals surface area contributed by atoms with Gasteiger partial charge in [-0.3, -0.25) is 4.79 Å². The highest BCUT2D eigenvalue weighted by atomic mass is 16.5. The fourth-order valence-corrected chi connectivity index (χ4v) is 1.40. The maximum Gasteiger partial charge on any atom is 0.307 e. The van der Waals surface area contributed by atoms with Gasteiger partial charge in [0, 0.05) is 13.1 Å². The highest BCUT2D eigenvalue weighted by Crippen LogP contribution is 2.14. The van der Waals surface area contributed by atoms with Gasteiger partial charge < -0.3 is 9.64 Å². The smallest absolute Gasteiger partial charge is 0.307 e. The summed E-state index contributed by atoms with van der Waals surface area (Å²) in [7, 11) is 2.03. The second-order valence-electron chi connectivity index (χ2n) is 4.85. The predicted octanol–water partition coefficient (Wildman–Crippen LogP) is 1.92. The van der Waals surface area contributed by atoms with Crippen LogP contribution in [0.3, 0.4) is 0 Å². The molecule has 14 heavy (non-hydrogen) atoms. The Labute approximate surface area is 87.4 Å². The molecule has 0 fully saturated rings. The van der Waals surface area contributed by atoms with Crippen molar-refractivity contribution >= 4 is 5.97 Å². The van der Waals surface area contributed by atoms with E-state index in [1.807, 2.05) is 14.0 Å². The molecule has 0 bridgehead atoms. The number of ether oxygens (including phenoxy) is 1. The standard InChI is InChI=1S/C11H23NO2/c1-6-14-10(13)7-8-12(5)9-11(2,3)4/h6-9H2,1-5H3. The van der Waals surface area contributed by atoms with Crippen LogP contribution in [-0.4, -0.2) is 37.6 Å². The third-order valence-electron chi connectivity index (χ3n) is 1.75. The van der Waals surface area contributed by atoms with Gasteiger partial charge in [0.05, 0.1) is 13.0 Å².